The van der Waals surface area contributed by atoms with Crippen molar-refractivity contribution in [3.63, 3.8) is 0 Å². The van der Waals surface area contributed by atoms with E-state index in [9.17, 15) is 0 Å². The lowest BCUT2D eigenvalue weighted by molar-refractivity contribution is 0.720. The first kappa shape index (κ1) is 37.0. The van der Waals surface area contributed by atoms with Gasteiger partial charge in [-0.1, -0.05) is 166 Å². The Hall–Kier alpha value is -7.38. The fourth-order valence-electron chi connectivity index (χ4n) is 12.5. The van der Waals surface area contributed by atoms with Gasteiger partial charge in [0.1, 0.15) is 0 Å². The Bertz CT molecular complexity index is 3420. The monoisotopic (exact) mass is 832 g/mol. The molecule has 0 fully saturated rings. The minimum absolute atomic E-state index is 0.0649. The first-order valence-electron chi connectivity index (χ1n) is 22.9. The summed E-state index contributed by atoms with van der Waals surface area (Å²) in [6.07, 6.45) is 3.42. The molecule has 2 atom stereocenters. The van der Waals surface area contributed by atoms with Crippen molar-refractivity contribution >= 4 is 68.0 Å². The molecule has 6 nitrogen and oxygen atoms in total. The lowest BCUT2D eigenvalue weighted by atomic mass is 9.38. The van der Waals surface area contributed by atoms with Gasteiger partial charge in [-0.2, -0.15) is 5.10 Å². The summed E-state index contributed by atoms with van der Waals surface area (Å²) in [4.78, 5) is 4.89. The van der Waals surface area contributed by atoms with Gasteiger partial charge < -0.3 is 10.6 Å². The second-order valence-corrected chi connectivity index (χ2v) is 18.3. The number of hydrogen-bond acceptors (Lipinski definition) is 5. The van der Waals surface area contributed by atoms with Crippen LogP contribution in [0.1, 0.15) is 34.1 Å². The third-order valence-electron chi connectivity index (χ3n) is 15.2. The molecular formula is C57H42B2N6. The zero-order valence-electron chi connectivity index (χ0n) is 36.2. The molecule has 4 aliphatic rings. The Morgan fingerprint density at radius 2 is 0.908 bits per heavy atom. The molecule has 0 saturated heterocycles. The van der Waals surface area contributed by atoms with Gasteiger partial charge in [-0.15, -0.1) is 5.10 Å². The molecule has 14 rings (SSSR count). The molecule has 2 aliphatic heterocycles. The average molecular weight is 833 g/mol. The number of benzene rings is 8. The maximum Gasteiger partial charge on any atom is 0.254 e. The Balaban J connectivity index is 0.984. The van der Waals surface area contributed by atoms with E-state index in [0.29, 0.717) is 17.8 Å². The average Bonchev–Trinajstić information content (AvgIpc) is 4.12. The standard InChI is InChI=1S/C57H42B2N6/c1-60-31-49-37-13-5-3-11-35(37)39-21-19-33(25-43(39)49)58-51-17-9-7-15-41(51)45-27-47-48-28-46-42-16-8-10-18-52(42)59(34-20-22-40-36-12-4-6-14-38(36)50(32-61-2)44(40)26-34)54(46)30-56(48)65(55(47)29-53(45)58)57-62-23-24-63-64-57/h3-30,49-50,60-61H,31-32H2,1-2H3. The van der Waals surface area contributed by atoms with Gasteiger partial charge in [0.15, 0.2) is 0 Å². The second kappa shape index (κ2) is 14.1. The van der Waals surface area contributed by atoms with Crippen LogP contribution in [0.2, 0.25) is 0 Å². The van der Waals surface area contributed by atoms with Crippen LogP contribution < -0.4 is 43.4 Å². The number of nitrogens with one attached hydrogen (secondary N) is 2. The molecule has 65 heavy (non-hydrogen) atoms. The van der Waals surface area contributed by atoms with Crippen LogP contribution in [0, 0.1) is 0 Å². The van der Waals surface area contributed by atoms with Crippen LogP contribution in [0.4, 0.5) is 0 Å². The molecule has 0 amide bonds. The summed E-state index contributed by atoms with van der Waals surface area (Å²) >= 11 is 0. The van der Waals surface area contributed by atoms with Crippen LogP contribution >= 0.6 is 0 Å². The van der Waals surface area contributed by atoms with E-state index in [1.165, 1.54) is 110 Å². The van der Waals surface area contributed by atoms with Gasteiger partial charge in [0.2, 0.25) is 13.4 Å². The Morgan fingerprint density at radius 1 is 0.446 bits per heavy atom. The van der Waals surface area contributed by atoms with E-state index in [4.69, 9.17) is 10.1 Å². The molecule has 0 bridgehead atoms. The molecule has 2 unspecified atom stereocenters. The second-order valence-electron chi connectivity index (χ2n) is 18.3. The maximum absolute atomic E-state index is 4.89. The van der Waals surface area contributed by atoms with Gasteiger partial charge in [0, 0.05) is 35.7 Å². The highest BCUT2D eigenvalue weighted by atomic mass is 15.3. The quantitative estimate of drug-likeness (QED) is 0.177. The Morgan fingerprint density at radius 3 is 1.38 bits per heavy atom. The summed E-state index contributed by atoms with van der Waals surface area (Å²) in [5.74, 6) is 1.17. The highest BCUT2D eigenvalue weighted by Gasteiger charge is 2.39. The first-order chi connectivity index (χ1) is 32.2. The van der Waals surface area contributed by atoms with Gasteiger partial charge in [0.05, 0.1) is 23.4 Å². The van der Waals surface area contributed by atoms with Crippen LogP contribution in [0.25, 0.3) is 72.3 Å². The number of hydrogen-bond donors (Lipinski definition) is 2. The van der Waals surface area contributed by atoms with Crippen molar-refractivity contribution in [2.45, 2.75) is 11.8 Å². The van der Waals surface area contributed by atoms with Crippen molar-refractivity contribution in [2.24, 2.45) is 0 Å². The normalized spacial score (nSPS) is 15.7. The van der Waals surface area contributed by atoms with Gasteiger partial charge >= 0.3 is 0 Å². The minimum atomic E-state index is 0.0649. The smallest absolute Gasteiger partial charge is 0.254 e. The van der Waals surface area contributed by atoms with Crippen molar-refractivity contribution in [3.05, 3.63) is 192 Å². The predicted molar refractivity (Wildman–Crippen MR) is 270 cm³/mol. The SMILES string of the molecule is CNCC1c2ccccc2-c2ccc(B3c4ccccc4-c4cc5c6cc7c(cc6n(-c6nccnn6)c5cc43)B(c3ccc4c(c3)C(CNC)c3ccccc3-4)c3ccccc3-7)cc21. The number of rotatable bonds is 7. The van der Waals surface area contributed by atoms with Crippen molar-refractivity contribution in [1.29, 1.82) is 0 Å². The van der Waals surface area contributed by atoms with Gasteiger partial charge in [-0.05, 0) is 105 Å². The fourth-order valence-corrected chi connectivity index (χ4v) is 12.5. The molecule has 0 spiro atoms. The van der Waals surface area contributed by atoms with Crippen LogP contribution in [0.15, 0.2) is 170 Å². The molecule has 8 heteroatoms. The van der Waals surface area contributed by atoms with Crippen LogP contribution in [0.3, 0.4) is 0 Å². The van der Waals surface area contributed by atoms with Crippen molar-refractivity contribution in [2.75, 3.05) is 27.2 Å². The lowest BCUT2D eigenvalue weighted by Crippen LogP contribution is -2.49. The molecule has 2 aromatic heterocycles. The topological polar surface area (TPSA) is 67.7 Å². The third kappa shape index (κ3) is 5.18. The van der Waals surface area contributed by atoms with Crippen molar-refractivity contribution in [1.82, 2.24) is 30.4 Å². The highest BCUT2D eigenvalue weighted by molar-refractivity contribution is 7.00. The summed E-state index contributed by atoms with van der Waals surface area (Å²) < 4.78 is 2.27. The molecule has 2 N–H and O–H groups in total. The van der Waals surface area contributed by atoms with E-state index in [1.54, 1.807) is 12.4 Å². The Kier molecular flexibility index (Phi) is 8.01. The van der Waals surface area contributed by atoms with Crippen LogP contribution in [-0.2, 0) is 0 Å². The van der Waals surface area contributed by atoms with E-state index in [2.05, 4.69) is 192 Å². The molecule has 0 saturated carbocycles. The number of nitrogens with zero attached hydrogens (tertiary/aromatic N) is 4. The number of fused-ring (bicyclic) bond motifs is 15. The zero-order valence-corrected chi connectivity index (χ0v) is 36.2. The van der Waals surface area contributed by atoms with E-state index in [1.807, 2.05) is 0 Å². The third-order valence-corrected chi connectivity index (χ3v) is 15.2. The summed E-state index contributed by atoms with van der Waals surface area (Å²) in [5.41, 5.74) is 26.3. The predicted octanol–water partition coefficient (Wildman–Crippen LogP) is 6.63. The van der Waals surface area contributed by atoms with Crippen molar-refractivity contribution in [3.8, 4) is 50.5 Å². The van der Waals surface area contributed by atoms with E-state index >= 15 is 0 Å². The largest absolute Gasteiger partial charge is 0.319 e. The number of aromatic nitrogens is 4. The van der Waals surface area contributed by atoms with Crippen LogP contribution in [-0.4, -0.2) is 60.4 Å². The van der Waals surface area contributed by atoms with Gasteiger partial charge in [-0.3, -0.25) is 4.57 Å². The highest BCUT2D eigenvalue weighted by Crippen LogP contribution is 2.46. The Labute approximate surface area is 378 Å². The van der Waals surface area contributed by atoms with E-state index < -0.39 is 0 Å². The van der Waals surface area contributed by atoms with E-state index in [-0.39, 0.29) is 13.4 Å². The summed E-state index contributed by atoms with van der Waals surface area (Å²) in [6, 6.07) is 60.2. The first-order valence-corrected chi connectivity index (χ1v) is 22.9. The molecule has 8 aromatic carbocycles. The molecule has 10 aromatic rings. The lowest BCUT2D eigenvalue weighted by Gasteiger charge is -2.17. The molecule has 4 heterocycles. The van der Waals surface area contributed by atoms with Crippen molar-refractivity contribution < 1.29 is 0 Å². The molecular weight excluding hydrogens is 790 g/mol. The summed E-state index contributed by atoms with van der Waals surface area (Å²) in [5, 5.41) is 18.5. The molecule has 306 valence electrons. The maximum atomic E-state index is 4.89. The van der Waals surface area contributed by atoms with Gasteiger partial charge in [0.25, 0.3) is 5.95 Å². The fraction of sp³-hybridized carbons (Fsp3) is 0.105. The number of likely N-dealkylation sites (N-methyl/N-ethyl adjacent to an activating group) is 2. The van der Waals surface area contributed by atoms with E-state index in [0.717, 1.165) is 24.1 Å². The molecule has 0 radical (unpaired) electrons. The van der Waals surface area contributed by atoms with Gasteiger partial charge in [-0.25, -0.2) is 4.98 Å². The zero-order chi connectivity index (χ0) is 42.9. The minimum Gasteiger partial charge on any atom is -0.319 e. The van der Waals surface area contributed by atoms with Crippen LogP contribution in [0.5, 0.6) is 0 Å². The molecule has 2 aliphatic carbocycles. The summed E-state index contributed by atoms with van der Waals surface area (Å²) in [7, 11) is 4.12. The summed E-state index contributed by atoms with van der Waals surface area (Å²) in [6.45, 7) is 1.92.